The Morgan fingerprint density at radius 2 is 2.05 bits per heavy atom. The maximum atomic E-state index is 11.3. The zero-order valence-corrected chi connectivity index (χ0v) is 14.1. The van der Waals surface area contributed by atoms with Gasteiger partial charge < -0.3 is 4.74 Å². The van der Waals surface area contributed by atoms with E-state index < -0.39 is 0 Å². The Labute approximate surface area is 130 Å². The molecule has 0 aliphatic heterocycles. The van der Waals surface area contributed by atoms with Gasteiger partial charge in [0.1, 0.15) is 0 Å². The van der Waals surface area contributed by atoms with Crippen molar-refractivity contribution in [1.82, 2.24) is 0 Å². The number of benzene rings is 1. The van der Waals surface area contributed by atoms with Gasteiger partial charge in [0.2, 0.25) is 0 Å². The first-order valence-electron chi connectivity index (χ1n) is 6.07. The van der Waals surface area contributed by atoms with Crippen molar-refractivity contribution in [2.75, 3.05) is 6.61 Å². The molecular formula is C15H16Br2O2. The van der Waals surface area contributed by atoms with Crippen LogP contribution in [-0.4, -0.2) is 12.6 Å². The monoisotopic (exact) mass is 386 g/mol. The van der Waals surface area contributed by atoms with Crippen molar-refractivity contribution in [3.63, 3.8) is 0 Å². The summed E-state index contributed by atoms with van der Waals surface area (Å²) in [7, 11) is 0. The standard InChI is InChI=1S/C15H16Br2O2/c1-3-13(15(16)17)12-7-5-6-11(10-12)8-9-14(18)19-4-2/h5-10H,3-4H2,1-2H3. The summed E-state index contributed by atoms with van der Waals surface area (Å²) in [6.07, 6.45) is 4.12. The smallest absolute Gasteiger partial charge is 0.330 e. The molecule has 1 aromatic rings. The van der Waals surface area contributed by atoms with E-state index in [-0.39, 0.29) is 5.97 Å². The van der Waals surface area contributed by atoms with Crippen LogP contribution in [0.25, 0.3) is 11.6 Å². The van der Waals surface area contributed by atoms with E-state index in [9.17, 15) is 4.79 Å². The minimum Gasteiger partial charge on any atom is -0.463 e. The predicted molar refractivity (Wildman–Crippen MR) is 87.2 cm³/mol. The maximum Gasteiger partial charge on any atom is 0.330 e. The third-order valence-corrected chi connectivity index (χ3v) is 3.47. The zero-order chi connectivity index (χ0) is 14.3. The molecule has 102 valence electrons. The third-order valence-electron chi connectivity index (χ3n) is 2.52. The molecule has 19 heavy (non-hydrogen) atoms. The molecule has 0 aliphatic carbocycles. The number of ether oxygens (including phenoxy) is 1. The van der Waals surface area contributed by atoms with Crippen molar-refractivity contribution in [3.05, 3.63) is 44.9 Å². The molecule has 0 saturated carbocycles. The minimum atomic E-state index is -0.319. The predicted octanol–water partition coefficient (Wildman–Crippen LogP) is 5.13. The zero-order valence-electron chi connectivity index (χ0n) is 11.0. The summed E-state index contributed by atoms with van der Waals surface area (Å²) in [5, 5.41) is 0. The number of halogens is 2. The summed E-state index contributed by atoms with van der Waals surface area (Å²) >= 11 is 6.90. The lowest BCUT2D eigenvalue weighted by atomic mass is 10.0. The van der Waals surface area contributed by atoms with Crippen LogP contribution in [0.4, 0.5) is 0 Å². The number of esters is 1. The number of carbonyl (C=O) groups is 1. The van der Waals surface area contributed by atoms with Crippen LogP contribution in [-0.2, 0) is 9.53 Å². The van der Waals surface area contributed by atoms with Crippen LogP contribution in [0, 0.1) is 0 Å². The highest BCUT2D eigenvalue weighted by molar-refractivity contribution is 9.28. The topological polar surface area (TPSA) is 26.3 Å². The van der Waals surface area contributed by atoms with Gasteiger partial charge in [0.15, 0.2) is 0 Å². The largest absolute Gasteiger partial charge is 0.463 e. The molecule has 0 atom stereocenters. The molecular weight excluding hydrogens is 372 g/mol. The highest BCUT2D eigenvalue weighted by Crippen LogP contribution is 2.30. The molecule has 1 rings (SSSR count). The SMILES string of the molecule is CCOC(=O)C=Cc1cccc(C(CC)=C(Br)Br)c1. The van der Waals surface area contributed by atoms with E-state index in [1.165, 1.54) is 11.6 Å². The molecule has 2 nitrogen and oxygen atoms in total. The van der Waals surface area contributed by atoms with Crippen LogP contribution in [0.3, 0.4) is 0 Å². The first kappa shape index (κ1) is 16.2. The summed E-state index contributed by atoms with van der Waals surface area (Å²) in [5.41, 5.74) is 3.28. The molecule has 0 spiro atoms. The highest BCUT2D eigenvalue weighted by atomic mass is 79.9. The summed E-state index contributed by atoms with van der Waals surface area (Å²) < 4.78 is 5.80. The van der Waals surface area contributed by atoms with Gasteiger partial charge in [-0.25, -0.2) is 4.79 Å². The molecule has 4 heteroatoms. The van der Waals surface area contributed by atoms with Crippen LogP contribution >= 0.6 is 31.9 Å². The van der Waals surface area contributed by atoms with Crippen molar-refractivity contribution < 1.29 is 9.53 Å². The molecule has 0 amide bonds. The second kappa shape index (κ2) is 8.33. The Morgan fingerprint density at radius 3 is 2.63 bits per heavy atom. The van der Waals surface area contributed by atoms with Gasteiger partial charge in [-0.3, -0.25) is 0 Å². The van der Waals surface area contributed by atoms with Crippen molar-refractivity contribution in [1.29, 1.82) is 0 Å². The van der Waals surface area contributed by atoms with Crippen LogP contribution in [0.5, 0.6) is 0 Å². The van der Waals surface area contributed by atoms with Crippen LogP contribution in [0.2, 0.25) is 0 Å². The number of carbonyl (C=O) groups excluding carboxylic acids is 1. The van der Waals surface area contributed by atoms with Crippen molar-refractivity contribution in [2.45, 2.75) is 20.3 Å². The van der Waals surface area contributed by atoms with E-state index in [2.05, 4.69) is 38.8 Å². The molecule has 0 N–H and O–H groups in total. The van der Waals surface area contributed by atoms with Crippen LogP contribution in [0.15, 0.2) is 33.7 Å². The van der Waals surface area contributed by atoms with Gasteiger partial charge in [-0.15, -0.1) is 0 Å². The second-order valence-corrected chi connectivity index (χ2v) is 6.45. The maximum absolute atomic E-state index is 11.3. The van der Waals surface area contributed by atoms with Crippen LogP contribution < -0.4 is 0 Å². The van der Waals surface area contributed by atoms with Gasteiger partial charge in [-0.05, 0) is 74.0 Å². The van der Waals surface area contributed by atoms with E-state index in [1.54, 1.807) is 13.0 Å². The molecule has 0 heterocycles. The van der Waals surface area contributed by atoms with Gasteiger partial charge in [0.25, 0.3) is 0 Å². The van der Waals surface area contributed by atoms with Crippen LogP contribution in [0.1, 0.15) is 31.4 Å². The highest BCUT2D eigenvalue weighted by Gasteiger charge is 2.04. The molecule has 0 radical (unpaired) electrons. The van der Waals surface area contributed by atoms with Gasteiger partial charge in [-0.2, -0.15) is 0 Å². The lowest BCUT2D eigenvalue weighted by molar-refractivity contribution is -0.137. The van der Waals surface area contributed by atoms with E-state index >= 15 is 0 Å². The summed E-state index contributed by atoms with van der Waals surface area (Å²) in [4.78, 5) is 11.3. The van der Waals surface area contributed by atoms with E-state index in [0.717, 1.165) is 20.9 Å². The molecule has 0 unspecified atom stereocenters. The number of hydrogen-bond acceptors (Lipinski definition) is 2. The fourth-order valence-corrected chi connectivity index (χ4v) is 2.65. The Bertz CT molecular complexity index is 501. The molecule has 0 aliphatic rings. The fourth-order valence-electron chi connectivity index (χ4n) is 1.63. The van der Waals surface area contributed by atoms with Crippen molar-refractivity contribution in [3.8, 4) is 0 Å². The number of rotatable bonds is 5. The Hall–Kier alpha value is -0.870. The van der Waals surface area contributed by atoms with Gasteiger partial charge in [0.05, 0.1) is 10.00 Å². The quantitative estimate of drug-likeness (QED) is 0.517. The molecule has 0 bridgehead atoms. The first-order valence-corrected chi connectivity index (χ1v) is 7.66. The average Bonchev–Trinajstić information content (AvgIpc) is 2.38. The average molecular weight is 388 g/mol. The summed E-state index contributed by atoms with van der Waals surface area (Å²) in [6, 6.07) is 8.01. The fraction of sp³-hybridized carbons (Fsp3) is 0.267. The molecule has 1 aromatic carbocycles. The normalized spacial score (nSPS) is 10.5. The van der Waals surface area contributed by atoms with Gasteiger partial charge >= 0.3 is 5.97 Å². The first-order chi connectivity index (χ1) is 9.08. The summed E-state index contributed by atoms with van der Waals surface area (Å²) in [5.74, 6) is -0.319. The van der Waals surface area contributed by atoms with Gasteiger partial charge in [0, 0.05) is 6.08 Å². The number of hydrogen-bond donors (Lipinski definition) is 0. The Morgan fingerprint density at radius 1 is 1.32 bits per heavy atom. The lowest BCUT2D eigenvalue weighted by Gasteiger charge is -2.06. The second-order valence-electron chi connectivity index (χ2n) is 3.80. The summed E-state index contributed by atoms with van der Waals surface area (Å²) in [6.45, 7) is 4.28. The minimum absolute atomic E-state index is 0.319. The third kappa shape index (κ3) is 5.33. The molecule has 0 saturated heterocycles. The van der Waals surface area contributed by atoms with Crippen molar-refractivity contribution >= 4 is 49.5 Å². The molecule has 0 aromatic heterocycles. The van der Waals surface area contributed by atoms with Gasteiger partial charge in [-0.1, -0.05) is 25.1 Å². The van der Waals surface area contributed by atoms with Crippen molar-refractivity contribution in [2.24, 2.45) is 0 Å². The Kier molecular flexibility index (Phi) is 7.10. The van der Waals surface area contributed by atoms with E-state index in [0.29, 0.717) is 6.61 Å². The molecule has 0 fully saturated rings. The number of allylic oxidation sites excluding steroid dienone is 1. The van der Waals surface area contributed by atoms with E-state index in [4.69, 9.17) is 4.74 Å². The van der Waals surface area contributed by atoms with E-state index in [1.807, 2.05) is 24.3 Å². The lowest BCUT2D eigenvalue weighted by Crippen LogP contribution is -1.98. The Balaban J connectivity index is 2.95.